The average Bonchev–Trinajstić information content (AvgIpc) is 3.48. The van der Waals surface area contributed by atoms with Gasteiger partial charge in [0.1, 0.15) is 16.0 Å². The average molecular weight is 510 g/mol. The van der Waals surface area contributed by atoms with Crippen molar-refractivity contribution < 1.29 is 32.4 Å². The molecule has 0 atom stereocenters. The lowest BCUT2D eigenvalue weighted by molar-refractivity contribution is -0.115. The Morgan fingerprint density at radius 1 is 1.25 bits per heavy atom. The SMILES string of the molecule is C#CC(=O)NCc1cnn(Cc2cc(OC)c3c(NS(=O)(=O)c4ccccc4C(=O)O)noc3c2)c1. The van der Waals surface area contributed by atoms with Crippen LogP contribution in [-0.2, 0) is 27.9 Å². The number of sulfonamides is 1. The number of terminal acetylenes is 1. The molecule has 4 rings (SSSR count). The first kappa shape index (κ1) is 24.3. The lowest BCUT2D eigenvalue weighted by Crippen LogP contribution is -2.20. The number of carbonyl (C=O) groups is 2. The van der Waals surface area contributed by atoms with E-state index >= 15 is 0 Å². The molecule has 0 unspecified atom stereocenters. The summed E-state index contributed by atoms with van der Waals surface area (Å²) in [7, 11) is -2.90. The van der Waals surface area contributed by atoms with E-state index in [9.17, 15) is 23.1 Å². The van der Waals surface area contributed by atoms with Crippen LogP contribution in [0.3, 0.4) is 0 Å². The summed E-state index contributed by atoms with van der Waals surface area (Å²) in [5.74, 6) is 0.181. The summed E-state index contributed by atoms with van der Waals surface area (Å²) in [5.41, 5.74) is 1.31. The van der Waals surface area contributed by atoms with Gasteiger partial charge in [-0.25, -0.2) is 13.2 Å². The molecule has 0 fully saturated rings. The number of rotatable bonds is 9. The third-order valence-corrected chi connectivity index (χ3v) is 6.47. The van der Waals surface area contributed by atoms with Crippen LogP contribution in [0.2, 0.25) is 0 Å². The van der Waals surface area contributed by atoms with Gasteiger partial charge in [0.15, 0.2) is 11.4 Å². The zero-order chi connectivity index (χ0) is 25.9. The first-order valence-corrected chi connectivity index (χ1v) is 11.8. The predicted octanol–water partition coefficient (Wildman–Crippen LogP) is 1.83. The molecule has 1 amide bonds. The number of carboxylic acids is 1. The minimum atomic E-state index is -4.31. The molecule has 0 aliphatic carbocycles. The molecule has 13 heteroatoms. The van der Waals surface area contributed by atoms with Crippen LogP contribution in [-0.4, -0.2) is 47.4 Å². The number of nitrogens with one attached hydrogen (secondary N) is 2. The molecule has 0 spiro atoms. The van der Waals surface area contributed by atoms with Crippen LogP contribution in [0.4, 0.5) is 5.82 Å². The molecule has 0 saturated heterocycles. The lowest BCUT2D eigenvalue weighted by atomic mass is 10.1. The minimum absolute atomic E-state index is 0.153. The van der Waals surface area contributed by atoms with Crippen molar-refractivity contribution in [2.75, 3.05) is 11.8 Å². The zero-order valence-electron chi connectivity index (χ0n) is 18.8. The molecule has 184 valence electrons. The van der Waals surface area contributed by atoms with Crippen LogP contribution >= 0.6 is 0 Å². The molecule has 36 heavy (non-hydrogen) atoms. The van der Waals surface area contributed by atoms with Gasteiger partial charge in [0.05, 0.1) is 25.4 Å². The number of aromatic carboxylic acids is 1. The molecule has 4 aromatic rings. The minimum Gasteiger partial charge on any atom is -0.496 e. The van der Waals surface area contributed by atoms with Gasteiger partial charge < -0.3 is 19.7 Å². The van der Waals surface area contributed by atoms with E-state index in [0.29, 0.717) is 12.1 Å². The number of methoxy groups -OCH3 is 1. The highest BCUT2D eigenvalue weighted by atomic mass is 32.2. The monoisotopic (exact) mass is 509 g/mol. The normalized spacial score (nSPS) is 11.1. The maximum atomic E-state index is 12.9. The van der Waals surface area contributed by atoms with Crippen LogP contribution in [0.1, 0.15) is 21.5 Å². The van der Waals surface area contributed by atoms with E-state index in [0.717, 1.165) is 5.56 Å². The van der Waals surface area contributed by atoms with Gasteiger partial charge in [0, 0.05) is 18.3 Å². The van der Waals surface area contributed by atoms with E-state index in [1.54, 1.807) is 29.2 Å². The number of benzene rings is 2. The number of carboxylic acid groups (broad SMARTS) is 1. The van der Waals surface area contributed by atoms with Crippen molar-refractivity contribution in [1.82, 2.24) is 20.3 Å². The number of anilines is 1. The van der Waals surface area contributed by atoms with Gasteiger partial charge in [-0.1, -0.05) is 17.3 Å². The van der Waals surface area contributed by atoms with Gasteiger partial charge >= 0.3 is 5.97 Å². The van der Waals surface area contributed by atoms with Crippen LogP contribution in [0.5, 0.6) is 5.75 Å². The summed E-state index contributed by atoms with van der Waals surface area (Å²) in [6.07, 6.45) is 8.35. The number of hydrogen-bond acceptors (Lipinski definition) is 8. The van der Waals surface area contributed by atoms with Crippen molar-refractivity contribution in [3.8, 4) is 18.1 Å². The van der Waals surface area contributed by atoms with E-state index in [4.69, 9.17) is 15.7 Å². The molecule has 2 heterocycles. The second-order valence-corrected chi connectivity index (χ2v) is 9.13. The Morgan fingerprint density at radius 2 is 2.03 bits per heavy atom. The number of hydrogen-bond donors (Lipinski definition) is 3. The summed E-state index contributed by atoms with van der Waals surface area (Å²) >= 11 is 0. The highest BCUT2D eigenvalue weighted by Crippen LogP contribution is 2.35. The smallest absolute Gasteiger partial charge is 0.337 e. The quantitative estimate of drug-likeness (QED) is 0.285. The highest BCUT2D eigenvalue weighted by molar-refractivity contribution is 7.92. The number of amides is 1. The third-order valence-electron chi connectivity index (χ3n) is 5.07. The van der Waals surface area contributed by atoms with Gasteiger partial charge in [0.2, 0.25) is 0 Å². The molecular weight excluding hydrogens is 490 g/mol. The van der Waals surface area contributed by atoms with Crippen LogP contribution in [0, 0.1) is 12.3 Å². The topological polar surface area (TPSA) is 166 Å². The Morgan fingerprint density at radius 3 is 2.75 bits per heavy atom. The summed E-state index contributed by atoms with van der Waals surface area (Å²) in [6.45, 7) is 0.533. The Labute approximate surface area is 204 Å². The number of nitrogens with zero attached hydrogens (tertiary/aromatic N) is 3. The third kappa shape index (κ3) is 4.98. The molecular formula is C23H19N5O7S. The second kappa shape index (κ2) is 9.80. The van der Waals surface area contributed by atoms with E-state index in [1.807, 2.05) is 5.92 Å². The molecule has 0 aliphatic heterocycles. The van der Waals surface area contributed by atoms with Gasteiger partial charge in [-0.3, -0.25) is 14.2 Å². The fourth-order valence-corrected chi connectivity index (χ4v) is 4.68. The number of aromatic nitrogens is 3. The molecule has 0 aliphatic rings. The van der Waals surface area contributed by atoms with Crippen molar-refractivity contribution >= 4 is 38.7 Å². The summed E-state index contributed by atoms with van der Waals surface area (Å²) in [4.78, 5) is 22.3. The van der Waals surface area contributed by atoms with Crippen LogP contribution in [0.15, 0.2) is 58.2 Å². The van der Waals surface area contributed by atoms with E-state index in [-0.39, 0.29) is 34.6 Å². The molecule has 12 nitrogen and oxygen atoms in total. The van der Waals surface area contributed by atoms with Gasteiger partial charge in [-0.15, -0.1) is 6.42 Å². The van der Waals surface area contributed by atoms with E-state index in [1.165, 1.54) is 31.4 Å². The lowest BCUT2D eigenvalue weighted by Gasteiger charge is -2.10. The van der Waals surface area contributed by atoms with Crippen molar-refractivity contribution in [3.63, 3.8) is 0 Å². The first-order chi connectivity index (χ1) is 17.2. The molecule has 0 saturated carbocycles. The summed E-state index contributed by atoms with van der Waals surface area (Å²) in [5, 5.41) is 20.2. The number of carbonyl (C=O) groups excluding carboxylic acids is 1. The van der Waals surface area contributed by atoms with Gasteiger partial charge in [0.25, 0.3) is 15.9 Å². The Kier molecular flexibility index (Phi) is 6.62. The molecule has 2 aromatic heterocycles. The number of ether oxygens (including phenoxy) is 1. The highest BCUT2D eigenvalue weighted by Gasteiger charge is 2.25. The number of fused-ring (bicyclic) bond motifs is 1. The Bertz CT molecular complexity index is 1620. The largest absolute Gasteiger partial charge is 0.496 e. The fourth-order valence-electron chi connectivity index (χ4n) is 3.48. The molecule has 2 aromatic carbocycles. The maximum absolute atomic E-state index is 12.9. The zero-order valence-corrected chi connectivity index (χ0v) is 19.6. The fraction of sp³-hybridized carbons (Fsp3) is 0.130. The van der Waals surface area contributed by atoms with Gasteiger partial charge in [-0.2, -0.15) is 5.10 Å². The second-order valence-electron chi connectivity index (χ2n) is 7.48. The van der Waals surface area contributed by atoms with Crippen molar-refractivity contribution in [2.45, 2.75) is 18.0 Å². The van der Waals surface area contributed by atoms with Crippen LogP contribution in [0.25, 0.3) is 11.0 Å². The molecule has 3 N–H and O–H groups in total. The maximum Gasteiger partial charge on any atom is 0.337 e. The Hall–Kier alpha value is -4.83. The van der Waals surface area contributed by atoms with E-state index in [2.05, 4.69) is 20.3 Å². The van der Waals surface area contributed by atoms with Crippen LogP contribution < -0.4 is 14.8 Å². The van der Waals surface area contributed by atoms with Crippen molar-refractivity contribution in [1.29, 1.82) is 0 Å². The first-order valence-electron chi connectivity index (χ1n) is 10.3. The predicted molar refractivity (Wildman–Crippen MR) is 127 cm³/mol. The van der Waals surface area contributed by atoms with Crippen molar-refractivity contribution in [3.05, 3.63) is 65.5 Å². The summed E-state index contributed by atoms with van der Waals surface area (Å²) in [6, 6.07) is 8.53. The summed E-state index contributed by atoms with van der Waals surface area (Å²) < 4.78 is 40.6. The standard InChI is InChI=1S/C23H19N5O7S/c1-3-20(29)24-10-15-11-25-28(13-15)12-14-8-17(34-2)21-18(9-14)35-26-22(21)27-36(32,33)19-7-5-4-6-16(19)23(30)31/h1,4-9,11,13H,10,12H2,2H3,(H,24,29)(H,26,27)(H,30,31). The Balaban J connectivity index is 1.61. The van der Waals surface area contributed by atoms with E-state index < -0.39 is 26.8 Å². The molecule has 0 bridgehead atoms. The molecule has 0 radical (unpaired) electrons. The van der Waals surface area contributed by atoms with Gasteiger partial charge in [-0.05, 0) is 35.7 Å². The van der Waals surface area contributed by atoms with Crippen molar-refractivity contribution in [2.24, 2.45) is 0 Å².